The number of benzene rings is 1. The fraction of sp³-hybridized carbons (Fsp3) is 0.200. The predicted octanol–water partition coefficient (Wildman–Crippen LogP) is 4.70. The van der Waals surface area contributed by atoms with E-state index in [0.717, 1.165) is 16.7 Å². The number of rotatable bonds is 7. The first-order valence-electron chi connectivity index (χ1n) is 8.54. The van der Waals surface area contributed by atoms with Crippen molar-refractivity contribution in [3.63, 3.8) is 0 Å². The molecule has 0 N–H and O–H groups in total. The zero-order chi connectivity index (χ0) is 18.4. The molecule has 0 saturated heterocycles. The van der Waals surface area contributed by atoms with Gasteiger partial charge in [0, 0.05) is 23.5 Å². The maximum absolute atomic E-state index is 13.1. The minimum absolute atomic E-state index is 0.279. The second-order valence-corrected chi connectivity index (χ2v) is 7.48. The van der Waals surface area contributed by atoms with E-state index in [2.05, 4.69) is 9.97 Å². The van der Waals surface area contributed by atoms with E-state index in [-0.39, 0.29) is 13.2 Å². The van der Waals surface area contributed by atoms with Crippen LogP contribution in [0.3, 0.4) is 0 Å². The molecule has 1 aromatic carbocycles. The first-order chi connectivity index (χ1) is 12.7. The summed E-state index contributed by atoms with van der Waals surface area (Å²) < 4.78 is 24.0. The van der Waals surface area contributed by atoms with Crippen LogP contribution < -0.4 is 5.44 Å². The molecule has 5 nitrogen and oxygen atoms in total. The highest BCUT2D eigenvalue weighted by Gasteiger charge is 2.29. The van der Waals surface area contributed by atoms with Crippen molar-refractivity contribution in [1.82, 2.24) is 9.97 Å². The van der Waals surface area contributed by atoms with E-state index in [4.69, 9.17) is 9.05 Å². The minimum Gasteiger partial charge on any atom is -0.304 e. The van der Waals surface area contributed by atoms with E-state index in [1.165, 1.54) is 0 Å². The zero-order valence-electron chi connectivity index (χ0n) is 14.8. The average molecular weight is 368 g/mol. The Bertz CT molecular complexity index is 891. The second-order valence-electron chi connectivity index (χ2n) is 5.51. The Morgan fingerprint density at radius 1 is 0.885 bits per heavy atom. The summed E-state index contributed by atoms with van der Waals surface area (Å²) in [6.45, 7) is 4.13. The van der Waals surface area contributed by atoms with Crippen LogP contribution in [0.5, 0.6) is 0 Å². The zero-order valence-corrected chi connectivity index (χ0v) is 15.7. The Hall–Kier alpha value is -2.33. The first kappa shape index (κ1) is 18.5. The van der Waals surface area contributed by atoms with Crippen molar-refractivity contribution in [2.75, 3.05) is 13.2 Å². The van der Waals surface area contributed by atoms with Gasteiger partial charge in [0.2, 0.25) is 0 Å². The smallest absolute Gasteiger partial charge is 0.304 e. The van der Waals surface area contributed by atoms with E-state index >= 15 is 0 Å². The van der Waals surface area contributed by atoms with Gasteiger partial charge in [0.1, 0.15) is 0 Å². The van der Waals surface area contributed by atoms with Gasteiger partial charge >= 0.3 is 7.60 Å². The molecule has 0 atom stereocenters. The molecule has 0 aliphatic carbocycles. The van der Waals surface area contributed by atoms with Gasteiger partial charge in [-0.15, -0.1) is 0 Å². The molecule has 0 unspecified atom stereocenters. The van der Waals surface area contributed by atoms with Crippen LogP contribution >= 0.6 is 7.60 Å². The Balaban J connectivity index is 2.18. The van der Waals surface area contributed by atoms with Crippen LogP contribution in [0.4, 0.5) is 0 Å². The van der Waals surface area contributed by atoms with E-state index in [1.54, 1.807) is 32.3 Å². The number of pyridine rings is 2. The van der Waals surface area contributed by atoms with Crippen molar-refractivity contribution >= 4 is 13.0 Å². The number of nitrogens with zero attached hydrogens (tertiary/aromatic N) is 2. The van der Waals surface area contributed by atoms with Crippen LogP contribution in [0.1, 0.15) is 13.8 Å². The molecule has 6 heteroatoms. The quantitative estimate of drug-likeness (QED) is 0.566. The fourth-order valence-corrected chi connectivity index (χ4v) is 4.18. The van der Waals surface area contributed by atoms with Crippen molar-refractivity contribution in [3.05, 3.63) is 67.0 Å². The number of aromatic nitrogens is 2. The molecule has 134 valence electrons. The minimum atomic E-state index is -3.46. The third kappa shape index (κ3) is 3.91. The number of hydrogen-bond donors (Lipinski definition) is 0. The molecule has 2 aromatic heterocycles. The molecule has 0 spiro atoms. The molecule has 3 aromatic rings. The highest BCUT2D eigenvalue weighted by molar-refractivity contribution is 7.61. The first-order valence-corrected chi connectivity index (χ1v) is 10.1. The monoisotopic (exact) mass is 368 g/mol. The van der Waals surface area contributed by atoms with Crippen LogP contribution in [-0.4, -0.2) is 23.2 Å². The molecule has 2 heterocycles. The summed E-state index contributed by atoms with van der Waals surface area (Å²) >= 11 is 0. The van der Waals surface area contributed by atoms with Gasteiger partial charge in [0.15, 0.2) is 5.44 Å². The molecule has 0 bridgehead atoms. The Morgan fingerprint density at radius 2 is 1.58 bits per heavy atom. The highest BCUT2D eigenvalue weighted by Crippen LogP contribution is 2.47. The van der Waals surface area contributed by atoms with Crippen molar-refractivity contribution in [2.45, 2.75) is 13.8 Å². The topological polar surface area (TPSA) is 61.3 Å². The summed E-state index contributed by atoms with van der Waals surface area (Å²) in [4.78, 5) is 8.86. The highest BCUT2D eigenvalue weighted by atomic mass is 31.2. The molecule has 3 rings (SSSR count). The Kier molecular flexibility index (Phi) is 5.94. The Morgan fingerprint density at radius 3 is 2.19 bits per heavy atom. The van der Waals surface area contributed by atoms with Crippen molar-refractivity contribution < 1.29 is 13.6 Å². The maximum atomic E-state index is 13.1. The maximum Gasteiger partial charge on any atom is 0.379 e. The standard InChI is InChI=1S/C20H21N2O3P/c1-3-24-26(23,25-4-2)19-13-12-18(16-9-6-5-7-10-16)20(22-19)17-11-8-14-21-15-17/h5-15H,3-4H2,1-2H3. The van der Waals surface area contributed by atoms with Gasteiger partial charge < -0.3 is 9.05 Å². The van der Waals surface area contributed by atoms with E-state index in [0.29, 0.717) is 11.1 Å². The van der Waals surface area contributed by atoms with Gasteiger partial charge in [-0.2, -0.15) is 0 Å². The molecule has 26 heavy (non-hydrogen) atoms. The molecule has 0 fully saturated rings. The second kappa shape index (κ2) is 8.37. The molecular formula is C20H21N2O3P. The van der Waals surface area contributed by atoms with Crippen LogP contribution in [0, 0.1) is 0 Å². The van der Waals surface area contributed by atoms with E-state index in [1.807, 2.05) is 48.5 Å². The predicted molar refractivity (Wildman–Crippen MR) is 103 cm³/mol. The van der Waals surface area contributed by atoms with Gasteiger partial charge in [-0.1, -0.05) is 30.3 Å². The van der Waals surface area contributed by atoms with Gasteiger partial charge in [-0.05, 0) is 43.7 Å². The third-order valence-corrected chi connectivity index (χ3v) is 5.79. The Labute approximate surface area is 153 Å². The molecule has 0 amide bonds. The molecular weight excluding hydrogens is 347 g/mol. The summed E-state index contributed by atoms with van der Waals surface area (Å²) in [5.41, 5.74) is 3.80. The van der Waals surface area contributed by atoms with Crippen molar-refractivity contribution in [3.8, 4) is 22.4 Å². The SMILES string of the molecule is CCOP(=O)(OCC)c1ccc(-c2ccccc2)c(-c2cccnc2)n1. The van der Waals surface area contributed by atoms with E-state index in [9.17, 15) is 4.57 Å². The lowest BCUT2D eigenvalue weighted by molar-refractivity contribution is 0.229. The molecule has 0 saturated carbocycles. The summed E-state index contributed by atoms with van der Waals surface area (Å²) in [5.74, 6) is 0. The van der Waals surface area contributed by atoms with Gasteiger partial charge in [-0.3, -0.25) is 9.55 Å². The molecule has 0 aliphatic rings. The van der Waals surface area contributed by atoms with Gasteiger partial charge in [0.25, 0.3) is 0 Å². The largest absolute Gasteiger partial charge is 0.379 e. The lowest BCUT2D eigenvalue weighted by atomic mass is 10.0. The van der Waals surface area contributed by atoms with Crippen molar-refractivity contribution in [1.29, 1.82) is 0 Å². The molecule has 0 aliphatic heterocycles. The van der Waals surface area contributed by atoms with Crippen LogP contribution in [0.15, 0.2) is 67.0 Å². The van der Waals surface area contributed by atoms with Gasteiger partial charge in [-0.25, -0.2) is 4.98 Å². The van der Waals surface area contributed by atoms with Crippen LogP contribution in [-0.2, 0) is 13.6 Å². The number of hydrogen-bond acceptors (Lipinski definition) is 5. The third-order valence-electron chi connectivity index (χ3n) is 3.78. The molecule has 0 radical (unpaired) electrons. The summed E-state index contributed by atoms with van der Waals surface area (Å²) in [6, 6.07) is 17.3. The lowest BCUT2D eigenvalue weighted by Gasteiger charge is -2.18. The normalized spacial score (nSPS) is 11.5. The lowest BCUT2D eigenvalue weighted by Crippen LogP contribution is -2.15. The summed E-state index contributed by atoms with van der Waals surface area (Å²) in [6.07, 6.45) is 3.45. The average Bonchev–Trinajstić information content (AvgIpc) is 2.69. The van der Waals surface area contributed by atoms with Crippen LogP contribution in [0.25, 0.3) is 22.4 Å². The van der Waals surface area contributed by atoms with Gasteiger partial charge in [0.05, 0.1) is 18.9 Å². The summed E-state index contributed by atoms with van der Waals surface area (Å²) in [7, 11) is -3.46. The van der Waals surface area contributed by atoms with Crippen LogP contribution in [0.2, 0.25) is 0 Å². The van der Waals surface area contributed by atoms with Crippen molar-refractivity contribution in [2.24, 2.45) is 0 Å². The fourth-order valence-electron chi connectivity index (χ4n) is 2.68. The summed E-state index contributed by atoms with van der Waals surface area (Å²) in [5, 5.41) is 0. The van der Waals surface area contributed by atoms with E-state index < -0.39 is 7.60 Å².